The number of hydrogen-bond acceptors (Lipinski definition) is 6. The number of nitrogens with zero attached hydrogens (tertiary/aromatic N) is 3. The molecule has 0 aliphatic heterocycles. The third-order valence-electron chi connectivity index (χ3n) is 4.04. The average molecular weight is 382 g/mol. The van der Waals surface area contributed by atoms with E-state index in [9.17, 15) is 23.3 Å². The summed E-state index contributed by atoms with van der Waals surface area (Å²) in [6.45, 7) is -0.503. The van der Waals surface area contributed by atoms with Crippen LogP contribution < -0.4 is 9.73 Å². The second kappa shape index (κ2) is 8.75. The van der Waals surface area contributed by atoms with Crippen LogP contribution in [0.1, 0.15) is 38.5 Å². The molecule has 1 amide bonds. The zero-order valence-corrected chi connectivity index (χ0v) is 15.4. The van der Waals surface area contributed by atoms with Crippen molar-refractivity contribution in [1.82, 2.24) is 5.43 Å². The SMILES string of the molecule is CS(=O)(=O)N(CC(=O)NN=C1CCCCCC1)c1cccc([N+](=O)[O-])c1. The van der Waals surface area contributed by atoms with Gasteiger partial charge in [-0.15, -0.1) is 0 Å². The number of carbonyl (C=O) groups is 1. The van der Waals surface area contributed by atoms with E-state index in [1.807, 2.05) is 0 Å². The number of anilines is 1. The first-order chi connectivity index (χ1) is 12.3. The molecule has 10 heteroatoms. The van der Waals surface area contributed by atoms with Gasteiger partial charge in [0, 0.05) is 17.8 Å². The van der Waals surface area contributed by atoms with Crippen molar-refractivity contribution in [1.29, 1.82) is 0 Å². The van der Waals surface area contributed by atoms with Gasteiger partial charge in [0.05, 0.1) is 16.9 Å². The lowest BCUT2D eigenvalue weighted by molar-refractivity contribution is -0.384. The maximum Gasteiger partial charge on any atom is 0.271 e. The van der Waals surface area contributed by atoms with Gasteiger partial charge in [-0.2, -0.15) is 5.10 Å². The van der Waals surface area contributed by atoms with E-state index in [0.717, 1.165) is 60.9 Å². The molecule has 9 nitrogen and oxygen atoms in total. The van der Waals surface area contributed by atoms with Crippen LogP contribution in [-0.2, 0) is 14.8 Å². The summed E-state index contributed by atoms with van der Waals surface area (Å²) >= 11 is 0. The standard InChI is InChI=1S/C16H22N4O5S/c1-26(24,25)19(14-9-6-10-15(11-14)20(22)23)12-16(21)18-17-13-7-4-2-3-5-8-13/h6,9-11H,2-5,7-8,12H2,1H3,(H,18,21). The van der Waals surface area contributed by atoms with E-state index in [4.69, 9.17) is 0 Å². The summed E-state index contributed by atoms with van der Waals surface area (Å²) in [5, 5.41) is 15.0. The average Bonchev–Trinajstić information content (AvgIpc) is 2.85. The molecular weight excluding hydrogens is 360 g/mol. The first kappa shape index (κ1) is 19.8. The predicted molar refractivity (Wildman–Crippen MR) is 98.6 cm³/mol. The van der Waals surface area contributed by atoms with E-state index in [2.05, 4.69) is 10.5 Å². The monoisotopic (exact) mass is 382 g/mol. The molecule has 0 atom stereocenters. The maximum absolute atomic E-state index is 12.2. The Kier molecular flexibility index (Phi) is 6.67. The quantitative estimate of drug-likeness (QED) is 0.459. The topological polar surface area (TPSA) is 122 Å². The lowest BCUT2D eigenvalue weighted by atomic mass is 10.2. The van der Waals surface area contributed by atoms with Crippen molar-refractivity contribution in [3.8, 4) is 0 Å². The van der Waals surface area contributed by atoms with Crippen LogP contribution in [0.2, 0.25) is 0 Å². The summed E-state index contributed by atoms with van der Waals surface area (Å²) in [6.07, 6.45) is 6.91. The molecule has 1 aliphatic carbocycles. The van der Waals surface area contributed by atoms with Crippen molar-refractivity contribution in [3.05, 3.63) is 34.4 Å². The van der Waals surface area contributed by atoms with Gasteiger partial charge >= 0.3 is 0 Å². The molecule has 0 bridgehead atoms. The summed E-state index contributed by atoms with van der Waals surface area (Å²) in [7, 11) is -3.80. The number of non-ortho nitro benzene ring substituents is 1. The Morgan fingerprint density at radius 3 is 2.50 bits per heavy atom. The number of carbonyl (C=O) groups excluding carboxylic acids is 1. The molecule has 1 N–H and O–H groups in total. The first-order valence-corrected chi connectivity index (χ1v) is 10.2. The molecule has 0 unspecified atom stereocenters. The molecule has 1 fully saturated rings. The highest BCUT2D eigenvalue weighted by atomic mass is 32.2. The highest BCUT2D eigenvalue weighted by molar-refractivity contribution is 7.92. The highest BCUT2D eigenvalue weighted by Gasteiger charge is 2.22. The Morgan fingerprint density at radius 1 is 1.27 bits per heavy atom. The Bertz CT molecular complexity index is 797. The van der Waals surface area contributed by atoms with Crippen LogP contribution in [0.15, 0.2) is 29.4 Å². The van der Waals surface area contributed by atoms with E-state index >= 15 is 0 Å². The lowest BCUT2D eigenvalue weighted by Gasteiger charge is -2.21. The predicted octanol–water partition coefficient (Wildman–Crippen LogP) is 2.19. The fourth-order valence-corrected chi connectivity index (χ4v) is 3.57. The van der Waals surface area contributed by atoms with E-state index in [0.29, 0.717) is 0 Å². The van der Waals surface area contributed by atoms with Crippen LogP contribution in [-0.4, -0.2) is 37.8 Å². The fourth-order valence-electron chi connectivity index (χ4n) is 2.72. The van der Waals surface area contributed by atoms with Gasteiger partial charge in [0.25, 0.3) is 11.6 Å². The molecule has 1 aromatic carbocycles. The highest BCUT2D eigenvalue weighted by Crippen LogP contribution is 2.23. The normalized spacial score (nSPS) is 15.0. The van der Waals surface area contributed by atoms with Gasteiger partial charge in [0.15, 0.2) is 0 Å². The summed E-state index contributed by atoms with van der Waals surface area (Å²) in [6, 6.07) is 5.14. The van der Waals surface area contributed by atoms with Gasteiger partial charge in [-0.05, 0) is 31.7 Å². The Balaban J connectivity index is 2.13. The minimum absolute atomic E-state index is 0.0546. The molecule has 0 aromatic heterocycles. The molecule has 142 valence electrons. The Morgan fingerprint density at radius 2 is 1.92 bits per heavy atom. The van der Waals surface area contributed by atoms with Crippen LogP contribution in [0.5, 0.6) is 0 Å². The Hall–Kier alpha value is -2.49. The number of nitro benzene ring substituents is 1. The molecule has 1 aromatic rings. The molecular formula is C16H22N4O5S. The first-order valence-electron chi connectivity index (χ1n) is 8.34. The second-order valence-corrected chi connectivity index (χ2v) is 8.08. The van der Waals surface area contributed by atoms with Crippen molar-refractivity contribution in [2.45, 2.75) is 38.5 Å². The number of nitrogens with one attached hydrogen (secondary N) is 1. The minimum atomic E-state index is -3.80. The zero-order valence-electron chi connectivity index (χ0n) is 14.6. The van der Waals surface area contributed by atoms with Crippen molar-refractivity contribution in [2.75, 3.05) is 17.1 Å². The van der Waals surface area contributed by atoms with Crippen LogP contribution in [0.3, 0.4) is 0 Å². The fraction of sp³-hybridized carbons (Fsp3) is 0.500. The van der Waals surface area contributed by atoms with E-state index in [1.165, 1.54) is 18.2 Å². The van der Waals surface area contributed by atoms with Crippen molar-refractivity contribution >= 4 is 33.0 Å². The summed E-state index contributed by atoms with van der Waals surface area (Å²) in [5.41, 5.74) is 3.10. The number of amides is 1. The maximum atomic E-state index is 12.2. The molecule has 0 radical (unpaired) electrons. The van der Waals surface area contributed by atoms with E-state index in [1.54, 1.807) is 0 Å². The lowest BCUT2D eigenvalue weighted by Crippen LogP contribution is -2.39. The molecule has 0 saturated heterocycles. The van der Waals surface area contributed by atoms with Gasteiger partial charge in [0.2, 0.25) is 10.0 Å². The van der Waals surface area contributed by atoms with Gasteiger partial charge in [0.1, 0.15) is 6.54 Å². The van der Waals surface area contributed by atoms with Gasteiger partial charge in [-0.25, -0.2) is 13.8 Å². The minimum Gasteiger partial charge on any atom is -0.271 e. The van der Waals surface area contributed by atoms with Crippen molar-refractivity contribution in [2.24, 2.45) is 5.10 Å². The number of benzene rings is 1. The smallest absolute Gasteiger partial charge is 0.271 e. The number of hydrogen-bond donors (Lipinski definition) is 1. The molecule has 26 heavy (non-hydrogen) atoms. The number of nitro groups is 1. The van der Waals surface area contributed by atoms with Gasteiger partial charge < -0.3 is 0 Å². The second-order valence-electron chi connectivity index (χ2n) is 6.17. The van der Waals surface area contributed by atoms with Crippen LogP contribution in [0.4, 0.5) is 11.4 Å². The number of rotatable bonds is 6. The summed E-state index contributed by atoms with van der Waals surface area (Å²) in [5.74, 6) is -0.598. The van der Waals surface area contributed by atoms with Gasteiger partial charge in [-0.3, -0.25) is 19.2 Å². The van der Waals surface area contributed by atoms with Crippen LogP contribution >= 0.6 is 0 Å². The van der Waals surface area contributed by atoms with Gasteiger partial charge in [-0.1, -0.05) is 18.9 Å². The largest absolute Gasteiger partial charge is 0.271 e. The molecule has 1 aliphatic rings. The number of sulfonamides is 1. The Labute approximate surface area is 152 Å². The summed E-state index contributed by atoms with van der Waals surface area (Å²) in [4.78, 5) is 22.4. The van der Waals surface area contributed by atoms with Crippen LogP contribution in [0.25, 0.3) is 0 Å². The zero-order chi connectivity index (χ0) is 19.2. The number of hydrazone groups is 1. The molecule has 2 rings (SSSR count). The van der Waals surface area contributed by atoms with Crippen LogP contribution in [0, 0.1) is 10.1 Å². The molecule has 0 spiro atoms. The molecule has 0 heterocycles. The molecule has 1 saturated carbocycles. The van der Waals surface area contributed by atoms with E-state index < -0.39 is 27.4 Å². The third kappa shape index (κ3) is 5.80. The van der Waals surface area contributed by atoms with Crippen molar-refractivity contribution < 1.29 is 18.1 Å². The van der Waals surface area contributed by atoms with E-state index in [-0.39, 0.29) is 11.4 Å². The summed E-state index contributed by atoms with van der Waals surface area (Å²) < 4.78 is 24.9. The third-order valence-corrected chi connectivity index (χ3v) is 5.18. The van der Waals surface area contributed by atoms with Crippen molar-refractivity contribution in [3.63, 3.8) is 0 Å².